The maximum atomic E-state index is 12.4. The lowest BCUT2D eigenvalue weighted by atomic mass is 9.96. The molecule has 1 amide bonds. The van der Waals surface area contributed by atoms with Crippen molar-refractivity contribution in [3.05, 3.63) is 35.9 Å². The number of nitrogens with one attached hydrogen (secondary N) is 2. The van der Waals surface area contributed by atoms with Crippen LogP contribution >= 0.6 is 24.0 Å². The summed E-state index contributed by atoms with van der Waals surface area (Å²) in [5, 5.41) is 6.97. The topological polar surface area (TPSA) is 66.0 Å². The van der Waals surface area contributed by atoms with Crippen LogP contribution in [-0.2, 0) is 10.2 Å². The minimum absolute atomic E-state index is 0. The zero-order valence-electron chi connectivity index (χ0n) is 18.7. The van der Waals surface area contributed by atoms with Gasteiger partial charge < -0.3 is 20.3 Å². The van der Waals surface area contributed by atoms with Crippen LogP contribution in [0.5, 0.6) is 0 Å². The van der Waals surface area contributed by atoms with Crippen LogP contribution in [0.1, 0.15) is 52.0 Å². The summed E-state index contributed by atoms with van der Waals surface area (Å²) in [6.45, 7) is 8.93. The molecule has 1 unspecified atom stereocenters. The van der Waals surface area contributed by atoms with E-state index in [-0.39, 0.29) is 35.5 Å². The number of ether oxygens (including phenoxy) is 1. The maximum absolute atomic E-state index is 12.4. The highest BCUT2D eigenvalue weighted by atomic mass is 127. The van der Waals surface area contributed by atoms with Crippen LogP contribution in [0.15, 0.2) is 35.3 Å². The van der Waals surface area contributed by atoms with Crippen LogP contribution in [-0.4, -0.2) is 55.8 Å². The van der Waals surface area contributed by atoms with Gasteiger partial charge in [0.15, 0.2) is 5.96 Å². The molecule has 2 N–H and O–H groups in total. The normalized spacial score (nSPS) is 20.7. The van der Waals surface area contributed by atoms with Gasteiger partial charge in [-0.05, 0) is 57.9 Å². The Bertz CT molecular complexity index is 714. The Morgan fingerprint density at radius 2 is 1.93 bits per heavy atom. The van der Waals surface area contributed by atoms with Gasteiger partial charge in [0.2, 0.25) is 0 Å². The molecule has 168 valence electrons. The molecule has 0 bridgehead atoms. The molecule has 7 heteroatoms. The number of rotatable bonds is 5. The largest absolute Gasteiger partial charge is 0.444 e. The molecule has 1 saturated heterocycles. The van der Waals surface area contributed by atoms with Crippen LogP contribution in [0.2, 0.25) is 0 Å². The Morgan fingerprint density at radius 3 is 2.53 bits per heavy atom. The number of nitrogens with zero attached hydrogens (tertiary/aromatic N) is 2. The highest BCUT2D eigenvalue weighted by Gasteiger charge is 2.44. The zero-order chi connectivity index (χ0) is 20.9. The summed E-state index contributed by atoms with van der Waals surface area (Å²) in [4.78, 5) is 18.6. The van der Waals surface area contributed by atoms with Crippen molar-refractivity contribution in [1.29, 1.82) is 0 Å². The minimum Gasteiger partial charge on any atom is -0.444 e. The minimum atomic E-state index is -0.453. The number of piperidine rings is 1. The Hall–Kier alpha value is -1.51. The summed E-state index contributed by atoms with van der Waals surface area (Å²) in [6, 6.07) is 10.7. The Labute approximate surface area is 198 Å². The van der Waals surface area contributed by atoms with E-state index in [1.54, 1.807) is 0 Å². The summed E-state index contributed by atoms with van der Waals surface area (Å²) >= 11 is 0. The van der Waals surface area contributed by atoms with Crippen LogP contribution in [0.3, 0.4) is 0 Å². The second-order valence-electron chi connectivity index (χ2n) is 9.39. The van der Waals surface area contributed by atoms with Gasteiger partial charge in [-0.3, -0.25) is 4.99 Å². The molecule has 0 spiro atoms. The van der Waals surface area contributed by atoms with E-state index in [1.807, 2.05) is 32.7 Å². The second-order valence-corrected chi connectivity index (χ2v) is 9.39. The lowest BCUT2D eigenvalue weighted by Crippen LogP contribution is -2.48. The average molecular weight is 528 g/mol. The third-order valence-corrected chi connectivity index (χ3v) is 5.79. The van der Waals surface area contributed by atoms with E-state index in [2.05, 4.69) is 46.0 Å². The number of carbonyl (C=O) groups is 1. The number of amides is 1. The van der Waals surface area contributed by atoms with Crippen molar-refractivity contribution in [1.82, 2.24) is 15.5 Å². The lowest BCUT2D eigenvalue weighted by molar-refractivity contribution is 0.0168. The van der Waals surface area contributed by atoms with Crippen molar-refractivity contribution < 1.29 is 9.53 Å². The number of hydrogen-bond acceptors (Lipinski definition) is 3. The van der Waals surface area contributed by atoms with Gasteiger partial charge in [-0.15, -0.1) is 24.0 Å². The van der Waals surface area contributed by atoms with E-state index in [9.17, 15) is 4.79 Å². The van der Waals surface area contributed by atoms with Gasteiger partial charge >= 0.3 is 6.09 Å². The van der Waals surface area contributed by atoms with E-state index in [4.69, 9.17) is 4.74 Å². The molecule has 1 heterocycles. The number of aliphatic imine (C=N–C) groups is 1. The first kappa shape index (κ1) is 24.8. The Kier molecular flexibility index (Phi) is 8.82. The number of carbonyl (C=O) groups excluding carboxylic acids is 1. The molecule has 1 aromatic rings. The maximum Gasteiger partial charge on any atom is 0.410 e. The van der Waals surface area contributed by atoms with Crippen molar-refractivity contribution in [2.24, 2.45) is 10.9 Å². The highest BCUT2D eigenvalue weighted by Crippen LogP contribution is 2.47. The summed E-state index contributed by atoms with van der Waals surface area (Å²) in [5.74, 6) is 1.24. The van der Waals surface area contributed by atoms with Crippen molar-refractivity contribution in [2.75, 3.05) is 33.2 Å². The van der Waals surface area contributed by atoms with Crippen molar-refractivity contribution in [3.63, 3.8) is 0 Å². The van der Waals surface area contributed by atoms with Gasteiger partial charge in [0.1, 0.15) is 5.60 Å². The van der Waals surface area contributed by atoms with Crippen LogP contribution in [0.4, 0.5) is 4.79 Å². The van der Waals surface area contributed by atoms with Crippen molar-refractivity contribution in [3.8, 4) is 0 Å². The lowest BCUT2D eigenvalue weighted by Gasteiger charge is -2.34. The molecule has 2 fully saturated rings. The first-order valence-electron chi connectivity index (χ1n) is 10.8. The quantitative estimate of drug-likeness (QED) is 0.343. The van der Waals surface area contributed by atoms with Crippen molar-refractivity contribution in [2.45, 2.75) is 57.5 Å². The third-order valence-electron chi connectivity index (χ3n) is 5.79. The number of benzene rings is 1. The molecule has 30 heavy (non-hydrogen) atoms. The molecule has 0 aromatic heterocycles. The molecule has 0 radical (unpaired) electrons. The molecular formula is C23H37IN4O2. The van der Waals surface area contributed by atoms with E-state index < -0.39 is 5.60 Å². The van der Waals surface area contributed by atoms with E-state index in [0.29, 0.717) is 5.92 Å². The summed E-state index contributed by atoms with van der Waals surface area (Å²) in [7, 11) is 1.81. The predicted octanol–water partition coefficient (Wildman–Crippen LogP) is 4.15. The molecule has 2 aliphatic rings. The van der Waals surface area contributed by atoms with Crippen molar-refractivity contribution >= 4 is 36.0 Å². The fourth-order valence-electron chi connectivity index (χ4n) is 3.95. The highest BCUT2D eigenvalue weighted by molar-refractivity contribution is 14.0. The summed E-state index contributed by atoms with van der Waals surface area (Å²) in [6.07, 6.45) is 4.35. The molecule has 3 rings (SSSR count). The monoisotopic (exact) mass is 528 g/mol. The third kappa shape index (κ3) is 7.03. The fraction of sp³-hybridized carbons (Fsp3) is 0.652. The van der Waals surface area contributed by atoms with Gasteiger partial charge in [-0.25, -0.2) is 4.79 Å². The predicted molar refractivity (Wildman–Crippen MR) is 133 cm³/mol. The molecule has 1 atom stereocenters. The zero-order valence-corrected chi connectivity index (χ0v) is 21.1. The van der Waals surface area contributed by atoms with Gasteiger partial charge in [0.25, 0.3) is 0 Å². The first-order chi connectivity index (χ1) is 13.8. The van der Waals surface area contributed by atoms with Gasteiger partial charge in [0, 0.05) is 38.6 Å². The molecular weight excluding hydrogens is 491 g/mol. The van der Waals surface area contributed by atoms with E-state index in [0.717, 1.165) is 45.0 Å². The summed E-state index contributed by atoms with van der Waals surface area (Å²) < 4.78 is 5.53. The van der Waals surface area contributed by atoms with Gasteiger partial charge in [-0.2, -0.15) is 0 Å². The number of likely N-dealkylation sites (tertiary alicyclic amines) is 1. The molecule has 1 aliphatic heterocycles. The van der Waals surface area contributed by atoms with Crippen LogP contribution in [0.25, 0.3) is 0 Å². The first-order valence-corrected chi connectivity index (χ1v) is 10.8. The SMILES string of the molecule is CN=C(NCC1CCCN(C(=O)OC(C)(C)C)C1)NCC1(c2ccccc2)CC1.I. The number of halogens is 1. The molecule has 6 nitrogen and oxygen atoms in total. The standard InChI is InChI=1S/C23H36N4O2.HI/c1-22(2,3)29-21(28)27-14-8-9-18(16-27)15-25-20(24-4)26-17-23(12-13-23)19-10-6-5-7-11-19;/h5-7,10-11,18H,8-9,12-17H2,1-4H3,(H2,24,25,26);1H. The molecule has 1 saturated carbocycles. The van der Waals surface area contributed by atoms with E-state index >= 15 is 0 Å². The fourth-order valence-corrected chi connectivity index (χ4v) is 3.95. The van der Waals surface area contributed by atoms with Gasteiger partial charge in [0.05, 0.1) is 0 Å². The van der Waals surface area contributed by atoms with E-state index in [1.165, 1.54) is 18.4 Å². The molecule has 1 aliphatic carbocycles. The molecule has 1 aromatic carbocycles. The van der Waals surface area contributed by atoms with Crippen LogP contribution in [0, 0.1) is 5.92 Å². The number of guanidine groups is 1. The Balaban J connectivity index is 0.00000320. The Morgan fingerprint density at radius 1 is 1.23 bits per heavy atom. The van der Waals surface area contributed by atoms with Gasteiger partial charge in [-0.1, -0.05) is 30.3 Å². The average Bonchev–Trinajstić information content (AvgIpc) is 3.49. The summed E-state index contributed by atoms with van der Waals surface area (Å²) in [5.41, 5.74) is 1.20. The second kappa shape index (κ2) is 10.7. The smallest absolute Gasteiger partial charge is 0.410 e. The van der Waals surface area contributed by atoms with Crippen LogP contribution < -0.4 is 10.6 Å². The number of hydrogen-bond donors (Lipinski definition) is 2.